The standard InChI is InChI=1S/C11H14ClN3O.ClH/c1-14-4-6-15(7-5-14)11(16)9-2-3-13-10(12)8-9;/h2-3,8H,4-7H2,1H3;1H. The third-order valence-electron chi connectivity index (χ3n) is 2.76. The fourth-order valence-electron chi connectivity index (χ4n) is 1.73. The molecule has 2 heterocycles. The number of carbonyl (C=O) groups is 1. The summed E-state index contributed by atoms with van der Waals surface area (Å²) < 4.78 is 0. The maximum absolute atomic E-state index is 12.1. The van der Waals surface area contributed by atoms with Gasteiger partial charge in [-0.25, -0.2) is 4.98 Å². The first-order valence-corrected chi connectivity index (χ1v) is 5.64. The molecule has 0 unspecified atom stereocenters. The van der Waals surface area contributed by atoms with E-state index >= 15 is 0 Å². The first kappa shape index (κ1) is 14.2. The molecular formula is C11H15Cl2N3O. The second-order valence-corrected chi connectivity index (χ2v) is 4.35. The van der Waals surface area contributed by atoms with Crippen LogP contribution in [0.3, 0.4) is 0 Å². The summed E-state index contributed by atoms with van der Waals surface area (Å²) in [5, 5.41) is 0.361. The minimum atomic E-state index is 0. The van der Waals surface area contributed by atoms with Crippen LogP contribution in [0.25, 0.3) is 0 Å². The third-order valence-corrected chi connectivity index (χ3v) is 2.97. The number of amides is 1. The number of hydrogen-bond donors (Lipinski definition) is 0. The highest BCUT2D eigenvalue weighted by Crippen LogP contribution is 2.11. The van der Waals surface area contributed by atoms with Crippen LogP contribution in [-0.4, -0.2) is 53.9 Å². The number of halogens is 2. The molecule has 1 aliphatic heterocycles. The van der Waals surface area contributed by atoms with E-state index in [2.05, 4.69) is 16.9 Å². The van der Waals surface area contributed by atoms with Gasteiger partial charge in [0.1, 0.15) is 5.15 Å². The normalized spacial score (nSPS) is 16.5. The van der Waals surface area contributed by atoms with Gasteiger partial charge in [0.05, 0.1) is 0 Å². The van der Waals surface area contributed by atoms with Crippen LogP contribution in [0, 0.1) is 0 Å². The van der Waals surface area contributed by atoms with E-state index < -0.39 is 0 Å². The van der Waals surface area contributed by atoms with Crippen molar-refractivity contribution in [1.82, 2.24) is 14.8 Å². The molecule has 1 amide bonds. The minimum Gasteiger partial charge on any atom is -0.336 e. The van der Waals surface area contributed by atoms with Gasteiger partial charge in [0.25, 0.3) is 5.91 Å². The zero-order valence-corrected chi connectivity index (χ0v) is 11.2. The first-order chi connectivity index (χ1) is 7.66. The number of hydrogen-bond acceptors (Lipinski definition) is 3. The summed E-state index contributed by atoms with van der Waals surface area (Å²) in [5.41, 5.74) is 0.615. The van der Waals surface area contributed by atoms with Crippen LogP contribution < -0.4 is 0 Å². The fraction of sp³-hybridized carbons (Fsp3) is 0.455. The monoisotopic (exact) mass is 275 g/mol. The molecule has 0 aromatic carbocycles. The molecule has 0 spiro atoms. The van der Waals surface area contributed by atoms with Crippen LogP contribution >= 0.6 is 24.0 Å². The highest BCUT2D eigenvalue weighted by atomic mass is 35.5. The van der Waals surface area contributed by atoms with E-state index in [9.17, 15) is 4.79 Å². The van der Waals surface area contributed by atoms with Crippen LogP contribution in [0.1, 0.15) is 10.4 Å². The van der Waals surface area contributed by atoms with Gasteiger partial charge >= 0.3 is 0 Å². The molecule has 0 atom stereocenters. The van der Waals surface area contributed by atoms with E-state index in [1.807, 2.05) is 4.90 Å². The summed E-state index contributed by atoms with van der Waals surface area (Å²) in [5.74, 6) is 0.0393. The predicted molar refractivity (Wildman–Crippen MR) is 69.9 cm³/mol. The fourth-order valence-corrected chi connectivity index (χ4v) is 1.90. The van der Waals surface area contributed by atoms with Crippen molar-refractivity contribution in [3.05, 3.63) is 29.0 Å². The predicted octanol–water partition coefficient (Wildman–Crippen LogP) is 1.54. The van der Waals surface area contributed by atoms with Gasteiger partial charge < -0.3 is 9.80 Å². The van der Waals surface area contributed by atoms with Crippen LogP contribution in [0.5, 0.6) is 0 Å². The minimum absolute atomic E-state index is 0. The molecule has 1 aromatic rings. The van der Waals surface area contributed by atoms with Gasteiger partial charge in [-0.2, -0.15) is 0 Å². The maximum atomic E-state index is 12.1. The highest BCUT2D eigenvalue weighted by Gasteiger charge is 2.20. The lowest BCUT2D eigenvalue weighted by Crippen LogP contribution is -2.47. The molecule has 0 saturated carbocycles. The Morgan fingerprint density at radius 2 is 2.00 bits per heavy atom. The molecule has 1 saturated heterocycles. The molecule has 2 rings (SSSR count). The van der Waals surface area contributed by atoms with E-state index in [0.29, 0.717) is 10.7 Å². The summed E-state index contributed by atoms with van der Waals surface area (Å²) in [6.45, 7) is 3.39. The molecule has 1 aromatic heterocycles. The molecule has 4 nitrogen and oxygen atoms in total. The van der Waals surface area contributed by atoms with E-state index in [1.54, 1.807) is 18.3 Å². The SMILES string of the molecule is CN1CCN(C(=O)c2ccnc(Cl)c2)CC1.Cl. The number of aromatic nitrogens is 1. The Kier molecular flexibility index (Phi) is 5.18. The molecule has 0 N–H and O–H groups in total. The second kappa shape index (κ2) is 6.19. The number of carbonyl (C=O) groups excluding carboxylic acids is 1. The third kappa shape index (κ3) is 3.56. The maximum Gasteiger partial charge on any atom is 0.254 e. The van der Waals surface area contributed by atoms with Gasteiger partial charge in [0, 0.05) is 37.9 Å². The summed E-state index contributed by atoms with van der Waals surface area (Å²) in [6, 6.07) is 3.31. The highest BCUT2D eigenvalue weighted by molar-refractivity contribution is 6.29. The number of pyridine rings is 1. The van der Waals surface area contributed by atoms with Crippen molar-refractivity contribution < 1.29 is 4.79 Å². The van der Waals surface area contributed by atoms with Crippen molar-refractivity contribution in [2.75, 3.05) is 33.2 Å². The summed E-state index contributed by atoms with van der Waals surface area (Å²) in [6.07, 6.45) is 1.56. The lowest BCUT2D eigenvalue weighted by atomic mass is 10.2. The summed E-state index contributed by atoms with van der Waals surface area (Å²) >= 11 is 5.76. The smallest absolute Gasteiger partial charge is 0.254 e. The van der Waals surface area contributed by atoms with Gasteiger partial charge in [-0.05, 0) is 19.2 Å². The molecule has 1 fully saturated rings. The Hall–Kier alpha value is -0.840. The largest absolute Gasteiger partial charge is 0.336 e. The van der Waals surface area contributed by atoms with Gasteiger partial charge in [0.15, 0.2) is 0 Å². The first-order valence-electron chi connectivity index (χ1n) is 5.26. The van der Waals surface area contributed by atoms with Crippen molar-refractivity contribution in [3.8, 4) is 0 Å². The molecule has 1 aliphatic rings. The van der Waals surface area contributed by atoms with E-state index in [0.717, 1.165) is 26.2 Å². The Morgan fingerprint density at radius 3 is 2.59 bits per heavy atom. The number of rotatable bonds is 1. The Labute approximate surface area is 112 Å². The second-order valence-electron chi connectivity index (χ2n) is 3.96. The average molecular weight is 276 g/mol. The van der Waals surface area contributed by atoms with E-state index in [1.165, 1.54) is 0 Å². The van der Waals surface area contributed by atoms with Gasteiger partial charge in [-0.1, -0.05) is 11.6 Å². The summed E-state index contributed by atoms with van der Waals surface area (Å²) in [7, 11) is 2.06. The Balaban J connectivity index is 0.00000144. The van der Waals surface area contributed by atoms with Crippen LogP contribution in [0.2, 0.25) is 5.15 Å². The van der Waals surface area contributed by atoms with Crippen molar-refractivity contribution in [1.29, 1.82) is 0 Å². The molecule has 6 heteroatoms. The van der Waals surface area contributed by atoms with Crippen LogP contribution in [-0.2, 0) is 0 Å². The number of nitrogens with zero attached hydrogens (tertiary/aromatic N) is 3. The quantitative estimate of drug-likeness (QED) is 0.730. The van der Waals surface area contributed by atoms with Crippen molar-refractivity contribution in [2.24, 2.45) is 0 Å². The van der Waals surface area contributed by atoms with Crippen LogP contribution in [0.15, 0.2) is 18.3 Å². The van der Waals surface area contributed by atoms with Crippen molar-refractivity contribution >= 4 is 29.9 Å². The van der Waals surface area contributed by atoms with Crippen LogP contribution in [0.4, 0.5) is 0 Å². The van der Waals surface area contributed by atoms with E-state index in [4.69, 9.17) is 11.6 Å². The molecular weight excluding hydrogens is 261 g/mol. The summed E-state index contributed by atoms with van der Waals surface area (Å²) in [4.78, 5) is 20.0. The lowest BCUT2D eigenvalue weighted by Gasteiger charge is -2.32. The van der Waals surface area contributed by atoms with Gasteiger partial charge in [-0.15, -0.1) is 12.4 Å². The molecule has 94 valence electrons. The number of likely N-dealkylation sites (N-methyl/N-ethyl adjacent to an activating group) is 1. The van der Waals surface area contributed by atoms with Gasteiger partial charge in [-0.3, -0.25) is 4.79 Å². The molecule has 0 bridgehead atoms. The topological polar surface area (TPSA) is 36.4 Å². The Morgan fingerprint density at radius 1 is 1.35 bits per heavy atom. The molecule has 17 heavy (non-hydrogen) atoms. The zero-order chi connectivity index (χ0) is 11.5. The molecule has 0 aliphatic carbocycles. The average Bonchev–Trinajstić information content (AvgIpc) is 2.29. The van der Waals surface area contributed by atoms with Crippen molar-refractivity contribution in [3.63, 3.8) is 0 Å². The zero-order valence-electron chi connectivity index (χ0n) is 9.60. The van der Waals surface area contributed by atoms with Crippen molar-refractivity contribution in [2.45, 2.75) is 0 Å². The van der Waals surface area contributed by atoms with Gasteiger partial charge in [0.2, 0.25) is 0 Å². The lowest BCUT2D eigenvalue weighted by molar-refractivity contribution is 0.0664. The number of piperazine rings is 1. The Bertz CT molecular complexity index is 392. The molecule has 0 radical (unpaired) electrons. The van der Waals surface area contributed by atoms with E-state index in [-0.39, 0.29) is 18.3 Å².